The van der Waals surface area contributed by atoms with E-state index in [9.17, 15) is 4.79 Å². The third kappa shape index (κ3) is 4.06. The summed E-state index contributed by atoms with van der Waals surface area (Å²) in [6.45, 7) is 4.11. The third-order valence-corrected chi connectivity index (χ3v) is 4.26. The van der Waals surface area contributed by atoms with Gasteiger partial charge in [-0.3, -0.25) is 4.79 Å². The zero-order chi connectivity index (χ0) is 17.9. The second-order valence-corrected chi connectivity index (χ2v) is 6.23. The van der Waals surface area contributed by atoms with Gasteiger partial charge in [-0.25, -0.2) is 0 Å². The molecule has 0 saturated heterocycles. The number of nitrogens with two attached hydrogens (primary N) is 2. The SMILES string of the molecule is CC(Oc1cccc(C(=O)c2ccc(N)c(N)c2)c1)C(C)N(C)C. The summed E-state index contributed by atoms with van der Waals surface area (Å²) in [4.78, 5) is 14.7. The van der Waals surface area contributed by atoms with Gasteiger partial charge in [-0.05, 0) is 58.3 Å². The van der Waals surface area contributed by atoms with Gasteiger partial charge in [0.1, 0.15) is 11.9 Å². The molecule has 0 amide bonds. The lowest BCUT2D eigenvalue weighted by molar-refractivity contribution is 0.103. The fourth-order valence-corrected chi connectivity index (χ4v) is 2.33. The van der Waals surface area contributed by atoms with Crippen LogP contribution in [0.2, 0.25) is 0 Å². The maximum Gasteiger partial charge on any atom is 0.193 e. The van der Waals surface area contributed by atoms with Crippen molar-refractivity contribution in [3.63, 3.8) is 0 Å². The first-order chi connectivity index (χ1) is 11.3. The normalized spacial score (nSPS) is 13.5. The highest BCUT2D eigenvalue weighted by molar-refractivity contribution is 6.10. The Hall–Kier alpha value is -2.53. The van der Waals surface area contributed by atoms with Crippen LogP contribution < -0.4 is 16.2 Å². The molecule has 2 aromatic carbocycles. The first kappa shape index (κ1) is 17.8. The second-order valence-electron chi connectivity index (χ2n) is 6.23. The number of nitrogen functional groups attached to an aromatic ring is 2. The number of likely N-dealkylation sites (N-methyl/N-ethyl adjacent to an activating group) is 1. The lowest BCUT2D eigenvalue weighted by Crippen LogP contribution is -2.38. The molecule has 0 saturated carbocycles. The highest BCUT2D eigenvalue weighted by atomic mass is 16.5. The Kier molecular flexibility index (Phi) is 5.46. The molecule has 2 rings (SSSR count). The van der Waals surface area contributed by atoms with E-state index in [0.29, 0.717) is 28.3 Å². The number of anilines is 2. The molecule has 2 aromatic rings. The molecule has 0 radical (unpaired) electrons. The maximum absolute atomic E-state index is 12.6. The van der Waals surface area contributed by atoms with Crippen molar-refractivity contribution in [3.8, 4) is 5.75 Å². The largest absolute Gasteiger partial charge is 0.489 e. The summed E-state index contributed by atoms with van der Waals surface area (Å²) in [5, 5.41) is 0. The number of rotatable bonds is 6. The highest BCUT2D eigenvalue weighted by Crippen LogP contribution is 2.22. The molecular weight excluding hydrogens is 302 g/mol. The quantitative estimate of drug-likeness (QED) is 0.630. The van der Waals surface area contributed by atoms with Crippen LogP contribution in [0.15, 0.2) is 42.5 Å². The third-order valence-electron chi connectivity index (χ3n) is 4.26. The van der Waals surface area contributed by atoms with Gasteiger partial charge < -0.3 is 21.1 Å². The van der Waals surface area contributed by atoms with Crippen molar-refractivity contribution in [1.29, 1.82) is 0 Å². The summed E-state index contributed by atoms with van der Waals surface area (Å²) in [7, 11) is 4.02. The minimum absolute atomic E-state index is 0.00230. The van der Waals surface area contributed by atoms with E-state index in [1.54, 1.807) is 30.3 Å². The molecule has 0 aliphatic rings. The van der Waals surface area contributed by atoms with Crippen molar-refractivity contribution >= 4 is 17.2 Å². The van der Waals surface area contributed by atoms with Gasteiger partial charge in [0.2, 0.25) is 0 Å². The van der Waals surface area contributed by atoms with Crippen LogP contribution in [0.1, 0.15) is 29.8 Å². The van der Waals surface area contributed by atoms with Gasteiger partial charge in [0.05, 0.1) is 11.4 Å². The van der Waals surface area contributed by atoms with E-state index in [4.69, 9.17) is 16.2 Å². The smallest absolute Gasteiger partial charge is 0.193 e. The molecule has 0 bridgehead atoms. The summed E-state index contributed by atoms with van der Waals surface area (Å²) in [5.41, 5.74) is 13.4. The molecule has 24 heavy (non-hydrogen) atoms. The van der Waals surface area contributed by atoms with Crippen LogP contribution in [0.5, 0.6) is 5.75 Å². The zero-order valence-electron chi connectivity index (χ0n) is 14.6. The lowest BCUT2D eigenvalue weighted by atomic mass is 10.0. The number of ketones is 1. The summed E-state index contributed by atoms with van der Waals surface area (Å²) < 4.78 is 5.97. The van der Waals surface area contributed by atoms with Gasteiger partial charge in [-0.15, -0.1) is 0 Å². The van der Waals surface area contributed by atoms with Gasteiger partial charge in [0, 0.05) is 17.2 Å². The summed E-state index contributed by atoms with van der Waals surface area (Å²) in [5.74, 6) is 0.561. The van der Waals surface area contributed by atoms with E-state index in [2.05, 4.69) is 11.8 Å². The molecule has 0 aliphatic carbocycles. The summed E-state index contributed by atoms with van der Waals surface area (Å²) in [6, 6.07) is 12.4. The average Bonchev–Trinajstić information content (AvgIpc) is 2.56. The molecule has 0 spiro atoms. The van der Waals surface area contributed by atoms with Crippen molar-refractivity contribution in [3.05, 3.63) is 53.6 Å². The van der Waals surface area contributed by atoms with Crippen LogP contribution in [0.4, 0.5) is 11.4 Å². The number of ether oxygens (including phenoxy) is 1. The Bertz CT molecular complexity index is 728. The topological polar surface area (TPSA) is 81.6 Å². The number of carbonyl (C=O) groups is 1. The monoisotopic (exact) mass is 327 g/mol. The zero-order valence-corrected chi connectivity index (χ0v) is 14.6. The van der Waals surface area contributed by atoms with E-state index in [1.165, 1.54) is 0 Å². The van der Waals surface area contributed by atoms with Gasteiger partial charge in [0.25, 0.3) is 0 Å². The van der Waals surface area contributed by atoms with Gasteiger partial charge in [-0.1, -0.05) is 12.1 Å². The second kappa shape index (κ2) is 7.36. The van der Waals surface area contributed by atoms with E-state index in [0.717, 1.165) is 0 Å². The van der Waals surface area contributed by atoms with Crippen molar-refractivity contribution in [2.24, 2.45) is 0 Å². The predicted molar refractivity (Wildman–Crippen MR) is 98.4 cm³/mol. The molecule has 5 nitrogen and oxygen atoms in total. The maximum atomic E-state index is 12.6. The summed E-state index contributed by atoms with van der Waals surface area (Å²) in [6.07, 6.45) is -0.00230. The minimum atomic E-state index is -0.111. The van der Waals surface area contributed by atoms with Crippen LogP contribution in [0, 0.1) is 0 Å². The highest BCUT2D eigenvalue weighted by Gasteiger charge is 2.17. The van der Waals surface area contributed by atoms with Gasteiger partial charge in [0.15, 0.2) is 5.78 Å². The minimum Gasteiger partial charge on any atom is -0.489 e. The Morgan fingerprint density at radius 1 is 1.00 bits per heavy atom. The molecule has 5 heteroatoms. The van der Waals surface area contributed by atoms with Gasteiger partial charge >= 0.3 is 0 Å². The predicted octanol–water partition coefficient (Wildman–Crippen LogP) is 2.80. The number of hydrogen-bond acceptors (Lipinski definition) is 5. The van der Waals surface area contributed by atoms with E-state index < -0.39 is 0 Å². The molecule has 2 unspecified atom stereocenters. The lowest BCUT2D eigenvalue weighted by Gasteiger charge is -2.27. The van der Waals surface area contributed by atoms with E-state index in [1.807, 2.05) is 33.2 Å². The standard InChI is InChI=1S/C19H25N3O2/c1-12(22(3)4)13(2)24-16-7-5-6-14(10-16)19(23)15-8-9-17(20)18(21)11-15/h5-13H,20-21H2,1-4H3. The molecule has 0 aliphatic heterocycles. The van der Waals surface area contributed by atoms with Crippen LogP contribution in [-0.4, -0.2) is 36.9 Å². The van der Waals surface area contributed by atoms with Crippen molar-refractivity contribution in [1.82, 2.24) is 4.90 Å². The molecular formula is C19H25N3O2. The average molecular weight is 327 g/mol. The number of nitrogens with zero attached hydrogens (tertiary/aromatic N) is 1. The Morgan fingerprint density at radius 2 is 1.67 bits per heavy atom. The van der Waals surface area contributed by atoms with Crippen LogP contribution >= 0.6 is 0 Å². The molecule has 0 aromatic heterocycles. The Labute approximate surface area is 143 Å². The molecule has 0 fully saturated rings. The number of carbonyl (C=O) groups excluding carboxylic acids is 1. The van der Waals surface area contributed by atoms with Crippen LogP contribution in [0.25, 0.3) is 0 Å². The Morgan fingerprint density at radius 3 is 2.29 bits per heavy atom. The van der Waals surface area contributed by atoms with E-state index in [-0.39, 0.29) is 17.9 Å². The van der Waals surface area contributed by atoms with Crippen LogP contribution in [-0.2, 0) is 0 Å². The molecule has 0 heterocycles. The van der Waals surface area contributed by atoms with Crippen molar-refractivity contribution in [2.75, 3.05) is 25.6 Å². The van der Waals surface area contributed by atoms with Crippen LogP contribution in [0.3, 0.4) is 0 Å². The molecule has 128 valence electrons. The van der Waals surface area contributed by atoms with Crippen molar-refractivity contribution < 1.29 is 9.53 Å². The fourth-order valence-electron chi connectivity index (χ4n) is 2.33. The first-order valence-corrected chi connectivity index (χ1v) is 7.92. The summed E-state index contributed by atoms with van der Waals surface area (Å²) >= 11 is 0. The fraction of sp³-hybridized carbons (Fsp3) is 0.316. The molecule has 2 atom stereocenters. The number of hydrogen-bond donors (Lipinski definition) is 2. The molecule has 4 N–H and O–H groups in total. The van der Waals surface area contributed by atoms with E-state index >= 15 is 0 Å². The van der Waals surface area contributed by atoms with Crippen molar-refractivity contribution in [2.45, 2.75) is 26.0 Å². The van der Waals surface area contributed by atoms with Gasteiger partial charge in [-0.2, -0.15) is 0 Å². The first-order valence-electron chi connectivity index (χ1n) is 7.92. The number of benzene rings is 2. The Balaban J connectivity index is 2.20.